The molecule has 1 aromatic carbocycles. The van der Waals surface area contributed by atoms with Crippen molar-refractivity contribution in [2.45, 2.75) is 56.4 Å². The molecule has 1 aliphatic carbocycles. The third kappa shape index (κ3) is 5.11. The molecule has 1 aliphatic rings. The number of hydrogen-bond acceptors (Lipinski definition) is 5. The molecule has 2 aromatic rings. The lowest BCUT2D eigenvalue weighted by Crippen LogP contribution is -2.35. The van der Waals surface area contributed by atoms with Crippen LogP contribution < -0.4 is 14.4 Å². The van der Waals surface area contributed by atoms with Crippen LogP contribution in [0.4, 0.5) is 5.69 Å². The highest BCUT2D eigenvalue weighted by Crippen LogP contribution is 2.29. The largest absolute Gasteiger partial charge is 0.494 e. The molecule has 1 amide bonds. The molecule has 6 nitrogen and oxygen atoms in total. The van der Waals surface area contributed by atoms with Crippen molar-refractivity contribution in [3.05, 3.63) is 40.6 Å². The van der Waals surface area contributed by atoms with Gasteiger partial charge in [-0.3, -0.25) is 9.10 Å². The smallest absolute Gasteiger partial charge is 0.265 e. The van der Waals surface area contributed by atoms with E-state index in [0.717, 1.165) is 37.0 Å². The van der Waals surface area contributed by atoms with Crippen LogP contribution in [0.2, 0.25) is 0 Å². The van der Waals surface area contributed by atoms with Crippen LogP contribution in [0.1, 0.15) is 55.1 Å². The topological polar surface area (TPSA) is 75.7 Å². The minimum absolute atomic E-state index is 0.0463. The first-order valence-corrected chi connectivity index (χ1v) is 12.4. The lowest BCUT2D eigenvalue weighted by molar-refractivity contribution is 0.0934. The molecule has 0 atom stereocenters. The SMILES string of the molecule is CCOc1ccc(N(C)S(=O)(=O)c2ccsc2C(=O)NC2CCCCCC2)cc1. The Morgan fingerprint density at radius 2 is 1.79 bits per heavy atom. The summed E-state index contributed by atoms with van der Waals surface area (Å²) in [5, 5.41) is 4.70. The van der Waals surface area contributed by atoms with E-state index in [1.807, 2.05) is 6.92 Å². The lowest BCUT2D eigenvalue weighted by Gasteiger charge is -2.21. The number of benzene rings is 1. The van der Waals surface area contributed by atoms with Gasteiger partial charge in [0.05, 0.1) is 12.3 Å². The zero-order valence-corrected chi connectivity index (χ0v) is 18.5. The Morgan fingerprint density at radius 3 is 2.41 bits per heavy atom. The van der Waals surface area contributed by atoms with E-state index < -0.39 is 10.0 Å². The molecule has 1 N–H and O–H groups in total. The average Bonchev–Trinajstić information content (AvgIpc) is 3.09. The normalized spacial score (nSPS) is 15.5. The van der Waals surface area contributed by atoms with E-state index in [1.165, 1.54) is 30.3 Å². The molecule has 29 heavy (non-hydrogen) atoms. The number of thiophene rings is 1. The predicted octanol–water partition coefficient (Wildman–Crippen LogP) is 4.42. The van der Waals surface area contributed by atoms with Crippen molar-refractivity contribution in [3.8, 4) is 5.75 Å². The number of amides is 1. The van der Waals surface area contributed by atoms with Crippen LogP contribution in [0.25, 0.3) is 0 Å². The maximum atomic E-state index is 13.2. The molecule has 1 heterocycles. The average molecular weight is 437 g/mol. The highest BCUT2D eigenvalue weighted by molar-refractivity contribution is 7.93. The number of sulfonamides is 1. The molecule has 0 bridgehead atoms. The van der Waals surface area contributed by atoms with Gasteiger partial charge >= 0.3 is 0 Å². The molecule has 0 spiro atoms. The number of hydrogen-bond donors (Lipinski definition) is 1. The number of anilines is 1. The zero-order chi connectivity index (χ0) is 20.9. The molecule has 1 fully saturated rings. The van der Waals surface area contributed by atoms with E-state index >= 15 is 0 Å². The number of carbonyl (C=O) groups is 1. The van der Waals surface area contributed by atoms with Gasteiger partial charge < -0.3 is 10.1 Å². The highest BCUT2D eigenvalue weighted by Gasteiger charge is 2.29. The number of nitrogens with one attached hydrogen (secondary N) is 1. The van der Waals surface area contributed by atoms with Gasteiger partial charge in [0, 0.05) is 13.1 Å². The standard InChI is InChI=1S/C21H28N2O4S2/c1-3-27-18-12-10-17(11-13-18)23(2)29(25,26)19-14-15-28-20(19)21(24)22-16-8-6-4-5-7-9-16/h10-16H,3-9H2,1-2H3,(H,22,24). The van der Waals surface area contributed by atoms with Crippen LogP contribution in [0.15, 0.2) is 40.6 Å². The Bertz CT molecular complexity index is 914. The Morgan fingerprint density at radius 1 is 1.14 bits per heavy atom. The number of rotatable bonds is 7. The fourth-order valence-corrected chi connectivity index (χ4v) is 6.04. The minimum atomic E-state index is -3.86. The molecule has 1 aromatic heterocycles. The number of carbonyl (C=O) groups excluding carboxylic acids is 1. The van der Waals surface area contributed by atoms with Gasteiger partial charge in [0.15, 0.2) is 0 Å². The van der Waals surface area contributed by atoms with Crippen molar-refractivity contribution < 1.29 is 17.9 Å². The number of ether oxygens (including phenoxy) is 1. The molecule has 158 valence electrons. The van der Waals surface area contributed by atoms with E-state index in [2.05, 4.69) is 5.32 Å². The second kappa shape index (κ2) is 9.63. The van der Waals surface area contributed by atoms with Gasteiger partial charge in [-0.05, 0) is 55.5 Å². The van der Waals surface area contributed by atoms with E-state index in [4.69, 9.17) is 4.74 Å². The quantitative estimate of drug-likeness (QED) is 0.652. The molecule has 1 saturated carbocycles. The van der Waals surface area contributed by atoms with Crippen molar-refractivity contribution >= 4 is 33.0 Å². The summed E-state index contributed by atoms with van der Waals surface area (Å²) in [5.74, 6) is 0.381. The molecule has 0 aliphatic heterocycles. The van der Waals surface area contributed by atoms with Crippen molar-refractivity contribution in [1.82, 2.24) is 5.32 Å². The van der Waals surface area contributed by atoms with Crippen molar-refractivity contribution in [3.63, 3.8) is 0 Å². The molecular formula is C21H28N2O4S2. The summed E-state index contributed by atoms with van der Waals surface area (Å²) in [6, 6.07) is 8.48. The first kappa shape index (κ1) is 21.6. The summed E-state index contributed by atoms with van der Waals surface area (Å²) in [4.78, 5) is 13.1. The minimum Gasteiger partial charge on any atom is -0.494 e. The molecule has 3 rings (SSSR count). The Labute approximate surface area is 176 Å². The predicted molar refractivity (Wildman–Crippen MR) is 116 cm³/mol. The maximum Gasteiger partial charge on any atom is 0.265 e. The van der Waals surface area contributed by atoms with Crippen molar-refractivity contribution in [1.29, 1.82) is 0 Å². The summed E-state index contributed by atoms with van der Waals surface area (Å²) in [5.41, 5.74) is 0.509. The van der Waals surface area contributed by atoms with Crippen LogP contribution in [0, 0.1) is 0 Å². The van der Waals surface area contributed by atoms with Crippen LogP contribution >= 0.6 is 11.3 Å². The Kier molecular flexibility index (Phi) is 7.18. The maximum absolute atomic E-state index is 13.2. The van der Waals surface area contributed by atoms with E-state index in [0.29, 0.717) is 18.0 Å². The number of nitrogens with zero attached hydrogens (tertiary/aromatic N) is 1. The molecule has 0 saturated heterocycles. The summed E-state index contributed by atoms with van der Waals surface area (Å²) >= 11 is 1.16. The van der Waals surface area contributed by atoms with Gasteiger partial charge in [0.1, 0.15) is 15.5 Å². The first-order chi connectivity index (χ1) is 13.9. The molecule has 8 heteroatoms. The summed E-state index contributed by atoms with van der Waals surface area (Å²) < 4.78 is 33.0. The van der Waals surface area contributed by atoms with E-state index in [9.17, 15) is 13.2 Å². The van der Waals surface area contributed by atoms with Gasteiger partial charge in [-0.25, -0.2) is 8.42 Å². The van der Waals surface area contributed by atoms with Crippen molar-refractivity contribution in [2.75, 3.05) is 18.0 Å². The van der Waals surface area contributed by atoms with Gasteiger partial charge in [0.2, 0.25) is 0 Å². The van der Waals surface area contributed by atoms with E-state index in [-0.39, 0.29) is 21.7 Å². The summed E-state index contributed by atoms with van der Waals surface area (Å²) in [6.07, 6.45) is 6.48. The second-order valence-corrected chi connectivity index (χ2v) is 10.0. The van der Waals surface area contributed by atoms with E-state index in [1.54, 1.807) is 29.6 Å². The fraction of sp³-hybridized carbons (Fsp3) is 0.476. The van der Waals surface area contributed by atoms with Crippen LogP contribution in [-0.4, -0.2) is 34.0 Å². The van der Waals surface area contributed by atoms with Gasteiger partial charge in [0.25, 0.3) is 15.9 Å². The molecule has 0 radical (unpaired) electrons. The summed E-state index contributed by atoms with van der Waals surface area (Å²) in [7, 11) is -2.36. The molecular weight excluding hydrogens is 408 g/mol. The zero-order valence-electron chi connectivity index (χ0n) is 16.9. The Balaban J connectivity index is 1.79. The third-order valence-electron chi connectivity index (χ3n) is 5.18. The first-order valence-electron chi connectivity index (χ1n) is 10.0. The fourth-order valence-electron chi connectivity index (χ4n) is 3.55. The lowest BCUT2D eigenvalue weighted by atomic mass is 10.1. The van der Waals surface area contributed by atoms with Crippen LogP contribution in [0.5, 0.6) is 5.75 Å². The highest BCUT2D eigenvalue weighted by atomic mass is 32.2. The van der Waals surface area contributed by atoms with Crippen LogP contribution in [-0.2, 0) is 10.0 Å². The Hall–Kier alpha value is -2.06. The monoisotopic (exact) mass is 436 g/mol. The summed E-state index contributed by atoms with van der Waals surface area (Å²) in [6.45, 7) is 2.44. The van der Waals surface area contributed by atoms with Gasteiger partial charge in [-0.1, -0.05) is 25.7 Å². The molecule has 0 unspecified atom stereocenters. The second-order valence-electron chi connectivity index (χ2n) is 7.18. The van der Waals surface area contributed by atoms with Crippen molar-refractivity contribution in [2.24, 2.45) is 0 Å². The van der Waals surface area contributed by atoms with Gasteiger partial charge in [-0.2, -0.15) is 0 Å². The van der Waals surface area contributed by atoms with Crippen LogP contribution in [0.3, 0.4) is 0 Å². The third-order valence-corrected chi connectivity index (χ3v) is 8.05. The van der Waals surface area contributed by atoms with Gasteiger partial charge in [-0.15, -0.1) is 11.3 Å².